The van der Waals surface area contributed by atoms with E-state index in [-0.39, 0.29) is 0 Å². The van der Waals surface area contributed by atoms with Crippen LogP contribution in [0.25, 0.3) is 0 Å². The molecule has 1 unspecified atom stereocenters. The van der Waals surface area contributed by atoms with Crippen molar-refractivity contribution in [3.8, 4) is 11.5 Å². The highest BCUT2D eigenvalue weighted by Crippen LogP contribution is 2.33. The Bertz CT molecular complexity index is 431. The zero-order chi connectivity index (χ0) is 15.1. The van der Waals surface area contributed by atoms with Gasteiger partial charge in [0.05, 0.1) is 19.4 Å². The molecule has 1 atom stereocenters. The summed E-state index contributed by atoms with van der Waals surface area (Å²) >= 11 is 0. The normalized spacial score (nSPS) is 16.6. The number of ether oxygens (including phenoxy) is 2. The monoisotopic (exact) mass is 292 g/mol. The lowest BCUT2D eigenvalue weighted by Gasteiger charge is -2.31. The predicted molar refractivity (Wildman–Crippen MR) is 87.6 cm³/mol. The van der Waals surface area contributed by atoms with Crippen LogP contribution in [-0.2, 0) is 0 Å². The van der Waals surface area contributed by atoms with Gasteiger partial charge < -0.3 is 19.7 Å². The summed E-state index contributed by atoms with van der Waals surface area (Å²) in [5.74, 6) is 2.45. The number of hydrogen-bond donors (Lipinski definition) is 1. The highest BCUT2D eigenvalue weighted by molar-refractivity contribution is 5.62. The minimum atomic E-state index is 0.591. The van der Waals surface area contributed by atoms with E-state index in [0.717, 1.165) is 50.0 Å². The van der Waals surface area contributed by atoms with Crippen molar-refractivity contribution in [2.45, 2.75) is 26.7 Å². The fourth-order valence-electron chi connectivity index (χ4n) is 2.71. The van der Waals surface area contributed by atoms with Gasteiger partial charge in [-0.2, -0.15) is 0 Å². The summed E-state index contributed by atoms with van der Waals surface area (Å²) in [4.78, 5) is 2.37. The van der Waals surface area contributed by atoms with Gasteiger partial charge in [0.15, 0.2) is 0 Å². The fourth-order valence-corrected chi connectivity index (χ4v) is 2.71. The maximum Gasteiger partial charge on any atom is 0.142 e. The molecular weight excluding hydrogens is 264 g/mol. The zero-order valence-electron chi connectivity index (χ0n) is 13.5. The topological polar surface area (TPSA) is 33.7 Å². The van der Waals surface area contributed by atoms with Crippen LogP contribution < -0.4 is 19.7 Å². The highest BCUT2D eigenvalue weighted by atomic mass is 16.5. The van der Waals surface area contributed by atoms with Gasteiger partial charge in [0.25, 0.3) is 0 Å². The van der Waals surface area contributed by atoms with Crippen molar-refractivity contribution in [3.63, 3.8) is 0 Å². The molecule has 1 aliphatic heterocycles. The second kappa shape index (κ2) is 8.13. The van der Waals surface area contributed by atoms with Gasteiger partial charge in [0, 0.05) is 32.2 Å². The van der Waals surface area contributed by atoms with Crippen LogP contribution >= 0.6 is 0 Å². The van der Waals surface area contributed by atoms with Crippen molar-refractivity contribution in [2.24, 2.45) is 5.92 Å². The summed E-state index contributed by atoms with van der Waals surface area (Å²) in [6.07, 6.45) is 2.41. The van der Waals surface area contributed by atoms with Crippen molar-refractivity contribution >= 4 is 5.69 Å². The van der Waals surface area contributed by atoms with Crippen LogP contribution in [-0.4, -0.2) is 39.9 Å². The van der Waals surface area contributed by atoms with E-state index < -0.39 is 0 Å². The SMILES string of the molecule is CCCC(C)COc1ccc(OC)cc1N1CCNCC1. The van der Waals surface area contributed by atoms with Gasteiger partial charge in [0.2, 0.25) is 0 Å². The van der Waals surface area contributed by atoms with E-state index in [4.69, 9.17) is 9.47 Å². The molecule has 2 rings (SSSR count). The molecule has 4 heteroatoms. The Hall–Kier alpha value is -1.42. The molecule has 1 fully saturated rings. The molecule has 1 saturated heterocycles. The molecule has 0 aromatic heterocycles. The Labute approximate surface area is 128 Å². The number of piperazine rings is 1. The Balaban J connectivity index is 2.10. The molecule has 1 aliphatic rings. The van der Waals surface area contributed by atoms with Crippen LogP contribution in [0.15, 0.2) is 18.2 Å². The third-order valence-electron chi connectivity index (χ3n) is 3.93. The first-order valence-corrected chi connectivity index (χ1v) is 8.01. The molecular formula is C17H28N2O2. The average molecular weight is 292 g/mol. The van der Waals surface area contributed by atoms with E-state index in [1.165, 1.54) is 12.8 Å². The van der Waals surface area contributed by atoms with Crippen molar-refractivity contribution in [1.29, 1.82) is 0 Å². The van der Waals surface area contributed by atoms with Gasteiger partial charge in [0.1, 0.15) is 11.5 Å². The van der Waals surface area contributed by atoms with Gasteiger partial charge >= 0.3 is 0 Å². The van der Waals surface area contributed by atoms with E-state index in [1.807, 2.05) is 12.1 Å². The third kappa shape index (κ3) is 4.53. The van der Waals surface area contributed by atoms with Gasteiger partial charge in [-0.3, -0.25) is 0 Å². The number of rotatable bonds is 7. The molecule has 4 nitrogen and oxygen atoms in total. The quantitative estimate of drug-likeness (QED) is 0.838. The number of nitrogens with zero attached hydrogens (tertiary/aromatic N) is 1. The molecule has 0 saturated carbocycles. The van der Waals surface area contributed by atoms with Gasteiger partial charge in [-0.25, -0.2) is 0 Å². The molecule has 1 aromatic carbocycles. The minimum Gasteiger partial charge on any atom is -0.497 e. The summed E-state index contributed by atoms with van der Waals surface area (Å²) in [5, 5.41) is 3.39. The second-order valence-corrected chi connectivity index (χ2v) is 5.78. The largest absolute Gasteiger partial charge is 0.497 e. The van der Waals surface area contributed by atoms with E-state index in [2.05, 4.69) is 30.1 Å². The van der Waals surface area contributed by atoms with Crippen LogP contribution in [0.5, 0.6) is 11.5 Å². The number of benzene rings is 1. The van der Waals surface area contributed by atoms with Crippen LogP contribution in [0.2, 0.25) is 0 Å². The van der Waals surface area contributed by atoms with Crippen molar-refractivity contribution in [2.75, 3.05) is 44.8 Å². The Morgan fingerprint density at radius 1 is 1.29 bits per heavy atom. The number of nitrogens with one attached hydrogen (secondary N) is 1. The fraction of sp³-hybridized carbons (Fsp3) is 0.647. The molecule has 118 valence electrons. The lowest BCUT2D eigenvalue weighted by atomic mass is 10.1. The van der Waals surface area contributed by atoms with Gasteiger partial charge in [-0.05, 0) is 24.5 Å². The first-order chi connectivity index (χ1) is 10.2. The molecule has 0 amide bonds. The summed E-state index contributed by atoms with van der Waals surface area (Å²) in [6, 6.07) is 6.10. The lowest BCUT2D eigenvalue weighted by Crippen LogP contribution is -2.43. The van der Waals surface area contributed by atoms with Crippen LogP contribution in [0, 0.1) is 5.92 Å². The Morgan fingerprint density at radius 2 is 2.05 bits per heavy atom. The zero-order valence-corrected chi connectivity index (χ0v) is 13.5. The first kappa shape index (κ1) is 16.0. The minimum absolute atomic E-state index is 0.591. The van der Waals surface area contributed by atoms with Gasteiger partial charge in [-0.1, -0.05) is 20.3 Å². The predicted octanol–water partition coefficient (Wildman–Crippen LogP) is 2.92. The van der Waals surface area contributed by atoms with E-state index in [1.54, 1.807) is 7.11 Å². The number of methoxy groups -OCH3 is 1. The number of anilines is 1. The maximum atomic E-state index is 6.09. The summed E-state index contributed by atoms with van der Waals surface area (Å²) in [7, 11) is 1.71. The standard InChI is InChI=1S/C17H28N2O2/c1-4-5-14(2)13-21-17-7-6-15(20-3)12-16(17)19-10-8-18-9-11-19/h6-7,12,14,18H,4-5,8-11,13H2,1-3H3. The van der Waals surface area contributed by atoms with Crippen molar-refractivity contribution in [1.82, 2.24) is 5.32 Å². The van der Waals surface area contributed by atoms with Crippen molar-refractivity contribution in [3.05, 3.63) is 18.2 Å². The first-order valence-electron chi connectivity index (χ1n) is 8.01. The Kier molecular flexibility index (Phi) is 6.18. The lowest BCUT2D eigenvalue weighted by molar-refractivity contribution is 0.251. The third-order valence-corrected chi connectivity index (χ3v) is 3.93. The van der Waals surface area contributed by atoms with E-state index in [9.17, 15) is 0 Å². The second-order valence-electron chi connectivity index (χ2n) is 5.78. The van der Waals surface area contributed by atoms with Gasteiger partial charge in [-0.15, -0.1) is 0 Å². The molecule has 0 radical (unpaired) electrons. The highest BCUT2D eigenvalue weighted by Gasteiger charge is 2.16. The summed E-state index contributed by atoms with van der Waals surface area (Å²) in [5.41, 5.74) is 1.15. The molecule has 1 aromatic rings. The molecule has 1 N–H and O–H groups in total. The van der Waals surface area contributed by atoms with E-state index >= 15 is 0 Å². The van der Waals surface area contributed by atoms with Crippen LogP contribution in [0.4, 0.5) is 5.69 Å². The molecule has 1 heterocycles. The molecule has 0 bridgehead atoms. The Morgan fingerprint density at radius 3 is 2.71 bits per heavy atom. The molecule has 0 aliphatic carbocycles. The van der Waals surface area contributed by atoms with Crippen LogP contribution in [0.1, 0.15) is 26.7 Å². The smallest absolute Gasteiger partial charge is 0.142 e. The maximum absolute atomic E-state index is 6.09. The number of hydrogen-bond acceptors (Lipinski definition) is 4. The van der Waals surface area contributed by atoms with Crippen molar-refractivity contribution < 1.29 is 9.47 Å². The summed E-state index contributed by atoms with van der Waals surface area (Å²) < 4.78 is 11.5. The van der Waals surface area contributed by atoms with E-state index in [0.29, 0.717) is 5.92 Å². The summed E-state index contributed by atoms with van der Waals surface area (Å²) in [6.45, 7) is 9.29. The van der Waals surface area contributed by atoms with Crippen LogP contribution in [0.3, 0.4) is 0 Å². The molecule has 21 heavy (non-hydrogen) atoms. The molecule has 0 spiro atoms. The average Bonchev–Trinajstić information content (AvgIpc) is 2.54.